The number of likely N-dealkylation sites (tertiary alicyclic amines) is 2. The minimum atomic E-state index is -0.611. The fraction of sp³-hybridized carbons (Fsp3) is 0.652. The van der Waals surface area contributed by atoms with Crippen LogP contribution in [0.1, 0.15) is 58.4 Å². The summed E-state index contributed by atoms with van der Waals surface area (Å²) in [7, 11) is 0. The van der Waals surface area contributed by atoms with Crippen molar-refractivity contribution >= 4 is 12.0 Å². The second-order valence-electron chi connectivity index (χ2n) is 9.24. The lowest BCUT2D eigenvalue weighted by Crippen LogP contribution is -2.58. The molecule has 2 fully saturated rings. The first kappa shape index (κ1) is 21.6. The number of amides is 2. The predicted molar refractivity (Wildman–Crippen MR) is 110 cm³/mol. The summed E-state index contributed by atoms with van der Waals surface area (Å²) in [5.74, 6) is -0.243. The molecule has 0 saturated carbocycles. The number of carbonyl (C=O) groups is 2. The Bertz CT molecular complexity index is 708. The van der Waals surface area contributed by atoms with Crippen LogP contribution in [0.25, 0.3) is 0 Å². The van der Waals surface area contributed by atoms with Crippen LogP contribution in [0.3, 0.4) is 0 Å². The lowest BCUT2D eigenvalue weighted by molar-refractivity contribution is -0.141. The van der Waals surface area contributed by atoms with Crippen LogP contribution in [0.4, 0.5) is 9.18 Å². The average molecular weight is 405 g/mol. The monoisotopic (exact) mass is 404 g/mol. The number of piperidine rings is 2. The first-order valence-electron chi connectivity index (χ1n) is 10.8. The van der Waals surface area contributed by atoms with Gasteiger partial charge in [0.05, 0.1) is 0 Å². The van der Waals surface area contributed by atoms with Crippen molar-refractivity contribution < 1.29 is 18.7 Å². The molecule has 0 spiro atoms. The molecule has 2 atom stereocenters. The molecule has 2 aliphatic heterocycles. The second-order valence-corrected chi connectivity index (χ2v) is 9.24. The van der Waals surface area contributed by atoms with E-state index in [1.54, 1.807) is 17.0 Å². The highest BCUT2D eigenvalue weighted by Crippen LogP contribution is 2.30. The Kier molecular flexibility index (Phi) is 6.81. The predicted octanol–water partition coefficient (Wildman–Crippen LogP) is 4.40. The molecule has 160 valence electrons. The van der Waals surface area contributed by atoms with Crippen molar-refractivity contribution in [3.05, 3.63) is 35.6 Å². The fourth-order valence-corrected chi connectivity index (χ4v) is 4.37. The van der Waals surface area contributed by atoms with Crippen LogP contribution in [0, 0.1) is 11.7 Å². The zero-order valence-corrected chi connectivity index (χ0v) is 17.8. The topological polar surface area (TPSA) is 49.9 Å². The molecule has 5 nitrogen and oxygen atoms in total. The smallest absolute Gasteiger partial charge is 0.410 e. The summed E-state index contributed by atoms with van der Waals surface area (Å²) in [5.41, 5.74) is 0.374. The third-order valence-corrected chi connectivity index (χ3v) is 5.72. The van der Waals surface area contributed by atoms with Crippen molar-refractivity contribution in [2.45, 2.75) is 70.9 Å². The van der Waals surface area contributed by atoms with Gasteiger partial charge in [-0.25, -0.2) is 9.18 Å². The van der Waals surface area contributed by atoms with E-state index in [1.807, 2.05) is 25.7 Å². The SMILES string of the molecule is CC(C)(C)OC(=O)N1CCCC(Cc2ccc(F)cc2)C1C(=O)N1CCCCC1. The van der Waals surface area contributed by atoms with Gasteiger partial charge < -0.3 is 9.64 Å². The van der Waals surface area contributed by atoms with Gasteiger partial charge in [-0.2, -0.15) is 0 Å². The number of hydrogen-bond acceptors (Lipinski definition) is 3. The van der Waals surface area contributed by atoms with Gasteiger partial charge in [-0.15, -0.1) is 0 Å². The Balaban J connectivity index is 1.84. The van der Waals surface area contributed by atoms with Gasteiger partial charge in [0.2, 0.25) is 5.91 Å². The Morgan fingerprint density at radius 3 is 2.31 bits per heavy atom. The van der Waals surface area contributed by atoms with E-state index < -0.39 is 17.7 Å². The minimum Gasteiger partial charge on any atom is -0.444 e. The van der Waals surface area contributed by atoms with E-state index in [9.17, 15) is 14.0 Å². The fourth-order valence-electron chi connectivity index (χ4n) is 4.37. The maximum atomic E-state index is 13.5. The van der Waals surface area contributed by atoms with E-state index in [0.717, 1.165) is 50.8 Å². The molecule has 2 saturated heterocycles. The molecule has 2 amide bonds. The van der Waals surface area contributed by atoms with Crippen LogP contribution < -0.4 is 0 Å². The molecule has 0 aliphatic carbocycles. The highest BCUT2D eigenvalue weighted by Gasteiger charge is 2.42. The van der Waals surface area contributed by atoms with E-state index in [-0.39, 0.29) is 17.6 Å². The van der Waals surface area contributed by atoms with Crippen LogP contribution in [0.2, 0.25) is 0 Å². The zero-order chi connectivity index (χ0) is 21.0. The third-order valence-electron chi connectivity index (χ3n) is 5.72. The van der Waals surface area contributed by atoms with E-state index >= 15 is 0 Å². The summed E-state index contributed by atoms with van der Waals surface area (Å²) in [6.45, 7) is 7.55. The molecule has 0 N–H and O–H groups in total. The Hall–Kier alpha value is -2.11. The van der Waals surface area contributed by atoms with Crippen LogP contribution in [0.5, 0.6) is 0 Å². The molecule has 29 heavy (non-hydrogen) atoms. The summed E-state index contributed by atoms with van der Waals surface area (Å²) < 4.78 is 18.9. The Morgan fingerprint density at radius 2 is 1.69 bits per heavy atom. The highest BCUT2D eigenvalue weighted by atomic mass is 19.1. The number of hydrogen-bond donors (Lipinski definition) is 0. The normalized spacial score (nSPS) is 23.0. The van der Waals surface area contributed by atoms with E-state index in [2.05, 4.69) is 0 Å². The number of ether oxygens (including phenoxy) is 1. The Morgan fingerprint density at radius 1 is 1.03 bits per heavy atom. The third kappa shape index (κ3) is 5.71. The lowest BCUT2D eigenvalue weighted by atomic mass is 9.83. The van der Waals surface area contributed by atoms with Gasteiger partial charge in [-0.3, -0.25) is 9.69 Å². The van der Waals surface area contributed by atoms with Gasteiger partial charge in [-0.1, -0.05) is 12.1 Å². The number of nitrogens with zero attached hydrogens (tertiary/aromatic N) is 2. The molecule has 0 bridgehead atoms. The van der Waals surface area contributed by atoms with E-state index in [0.29, 0.717) is 13.0 Å². The molecule has 6 heteroatoms. The van der Waals surface area contributed by atoms with E-state index in [4.69, 9.17) is 4.74 Å². The molecular weight excluding hydrogens is 371 g/mol. The number of rotatable bonds is 3. The number of carbonyl (C=O) groups excluding carboxylic acids is 2. The number of benzene rings is 1. The molecule has 0 aromatic heterocycles. The van der Waals surface area contributed by atoms with Crippen LogP contribution in [0.15, 0.2) is 24.3 Å². The second kappa shape index (κ2) is 9.14. The summed E-state index contributed by atoms with van der Waals surface area (Å²) in [5, 5.41) is 0. The minimum absolute atomic E-state index is 0.00356. The molecule has 2 aliphatic rings. The maximum absolute atomic E-state index is 13.5. The maximum Gasteiger partial charge on any atom is 0.410 e. The average Bonchev–Trinajstić information content (AvgIpc) is 2.68. The molecule has 0 radical (unpaired) electrons. The zero-order valence-electron chi connectivity index (χ0n) is 17.8. The number of halogens is 1. The van der Waals surface area contributed by atoms with Gasteiger partial charge in [0.15, 0.2) is 0 Å². The lowest BCUT2D eigenvalue weighted by Gasteiger charge is -2.43. The quantitative estimate of drug-likeness (QED) is 0.750. The summed E-state index contributed by atoms with van der Waals surface area (Å²) in [4.78, 5) is 30.0. The van der Waals surface area contributed by atoms with Gasteiger partial charge in [0.25, 0.3) is 0 Å². The van der Waals surface area contributed by atoms with Crippen LogP contribution >= 0.6 is 0 Å². The van der Waals surface area contributed by atoms with Crippen molar-refractivity contribution in [2.24, 2.45) is 5.92 Å². The molecule has 2 heterocycles. The van der Waals surface area contributed by atoms with Gasteiger partial charge >= 0.3 is 6.09 Å². The summed E-state index contributed by atoms with van der Waals surface area (Å²) in [6.07, 6.45) is 5.07. The van der Waals surface area contributed by atoms with Crippen molar-refractivity contribution in [3.8, 4) is 0 Å². The molecule has 2 unspecified atom stereocenters. The first-order valence-corrected chi connectivity index (χ1v) is 10.8. The standard InChI is InChI=1S/C23H33FN2O3/c1-23(2,3)29-22(28)26-15-7-8-18(16-17-9-11-19(24)12-10-17)20(26)21(27)25-13-5-4-6-14-25/h9-12,18,20H,4-8,13-16H2,1-3H3. The van der Waals surface area contributed by atoms with Crippen LogP contribution in [-0.4, -0.2) is 53.1 Å². The van der Waals surface area contributed by atoms with Crippen LogP contribution in [-0.2, 0) is 16.0 Å². The van der Waals surface area contributed by atoms with Gasteiger partial charge in [0.1, 0.15) is 17.5 Å². The molecule has 1 aromatic rings. The molecule has 1 aromatic carbocycles. The van der Waals surface area contributed by atoms with Gasteiger partial charge in [-0.05, 0) is 82.9 Å². The van der Waals surface area contributed by atoms with E-state index in [1.165, 1.54) is 12.1 Å². The van der Waals surface area contributed by atoms with Gasteiger partial charge in [0, 0.05) is 19.6 Å². The first-order chi connectivity index (χ1) is 13.7. The van der Waals surface area contributed by atoms with Crippen molar-refractivity contribution in [2.75, 3.05) is 19.6 Å². The summed E-state index contributed by atoms with van der Waals surface area (Å²) in [6, 6.07) is 5.91. The Labute approximate surface area is 173 Å². The highest BCUT2D eigenvalue weighted by molar-refractivity contribution is 5.86. The van der Waals surface area contributed by atoms with Crippen molar-refractivity contribution in [1.82, 2.24) is 9.80 Å². The molecular formula is C23H33FN2O3. The largest absolute Gasteiger partial charge is 0.444 e. The summed E-state index contributed by atoms with van der Waals surface area (Å²) >= 11 is 0. The molecule has 3 rings (SSSR count). The van der Waals surface area contributed by atoms with Crippen molar-refractivity contribution in [1.29, 1.82) is 0 Å². The van der Waals surface area contributed by atoms with Crippen molar-refractivity contribution in [3.63, 3.8) is 0 Å².